The zero-order valence-electron chi connectivity index (χ0n) is 16.4. The zero-order chi connectivity index (χ0) is 23.1. The highest BCUT2D eigenvalue weighted by Gasteiger charge is 2.11. The Hall–Kier alpha value is -3.23. The second kappa shape index (κ2) is 10.9. The first-order valence-electron chi connectivity index (χ1n) is 9.20. The van der Waals surface area contributed by atoms with Gasteiger partial charge in [0.2, 0.25) is 0 Å². The number of anilines is 1. The zero-order valence-corrected chi connectivity index (χ0v) is 20.2. The molecule has 0 saturated carbocycles. The highest BCUT2D eigenvalue weighted by Crippen LogP contribution is 2.25. The third-order valence-corrected chi connectivity index (χ3v) is 5.57. The van der Waals surface area contributed by atoms with Gasteiger partial charge in [-0.05, 0) is 70.1 Å². The third-order valence-electron chi connectivity index (χ3n) is 4.23. The maximum absolute atomic E-state index is 12.5. The molecular formula is C23H15BrIN3O4. The smallest absolute Gasteiger partial charge is 0.269 e. The van der Waals surface area contributed by atoms with Crippen LogP contribution in [0.5, 0.6) is 5.75 Å². The minimum absolute atomic E-state index is 0.00597. The van der Waals surface area contributed by atoms with Gasteiger partial charge in [0.1, 0.15) is 24.0 Å². The van der Waals surface area contributed by atoms with Gasteiger partial charge in [0.15, 0.2) is 0 Å². The fourth-order valence-corrected chi connectivity index (χ4v) is 3.82. The molecule has 0 fully saturated rings. The molecule has 0 bridgehead atoms. The fraction of sp³-hybridized carbons (Fsp3) is 0.0435. The SMILES string of the molecule is N#C/C(=C/c1ccc(OCc2cccc([N+](=O)[O-])c2)c(I)c1)C(=O)Nc1cccc(Br)c1. The van der Waals surface area contributed by atoms with Crippen LogP contribution in [0.3, 0.4) is 0 Å². The van der Waals surface area contributed by atoms with Crippen LogP contribution < -0.4 is 10.1 Å². The number of amides is 1. The Morgan fingerprint density at radius 3 is 2.66 bits per heavy atom. The summed E-state index contributed by atoms with van der Waals surface area (Å²) in [6, 6.07) is 20.5. The number of rotatable bonds is 7. The molecule has 1 N–H and O–H groups in total. The second-order valence-electron chi connectivity index (χ2n) is 6.54. The van der Waals surface area contributed by atoms with Crippen molar-refractivity contribution >= 4 is 61.9 Å². The lowest BCUT2D eigenvalue weighted by Crippen LogP contribution is -2.13. The number of nitriles is 1. The fourth-order valence-electron chi connectivity index (χ4n) is 2.72. The highest BCUT2D eigenvalue weighted by molar-refractivity contribution is 14.1. The van der Waals surface area contributed by atoms with Gasteiger partial charge in [0.25, 0.3) is 11.6 Å². The second-order valence-corrected chi connectivity index (χ2v) is 8.62. The molecule has 0 aliphatic rings. The summed E-state index contributed by atoms with van der Waals surface area (Å²) >= 11 is 5.43. The lowest BCUT2D eigenvalue weighted by molar-refractivity contribution is -0.384. The van der Waals surface area contributed by atoms with E-state index >= 15 is 0 Å². The first-order chi connectivity index (χ1) is 15.4. The molecule has 3 rings (SSSR count). The molecule has 0 aromatic heterocycles. The Labute approximate surface area is 206 Å². The van der Waals surface area contributed by atoms with Crippen LogP contribution in [0, 0.1) is 25.0 Å². The highest BCUT2D eigenvalue weighted by atomic mass is 127. The lowest BCUT2D eigenvalue weighted by atomic mass is 10.1. The predicted molar refractivity (Wildman–Crippen MR) is 133 cm³/mol. The number of hydrogen-bond donors (Lipinski definition) is 1. The summed E-state index contributed by atoms with van der Waals surface area (Å²) in [5.74, 6) is 0.0814. The van der Waals surface area contributed by atoms with Gasteiger partial charge in [0.05, 0.1) is 8.49 Å². The van der Waals surface area contributed by atoms with E-state index in [0.29, 0.717) is 22.6 Å². The molecule has 0 atom stereocenters. The van der Waals surface area contributed by atoms with E-state index in [1.165, 1.54) is 18.2 Å². The first kappa shape index (κ1) is 23.4. The molecule has 0 radical (unpaired) electrons. The number of benzene rings is 3. The first-order valence-corrected chi connectivity index (χ1v) is 11.1. The van der Waals surface area contributed by atoms with Crippen molar-refractivity contribution in [1.29, 1.82) is 5.26 Å². The standard InChI is InChI=1S/C23H15BrIN3O4/c24-18-4-2-5-19(12-18)27-23(29)17(13-26)9-15-7-8-22(21(25)11-15)32-14-16-3-1-6-20(10-16)28(30)31/h1-12H,14H2,(H,27,29)/b17-9-. The van der Waals surface area contributed by atoms with Gasteiger partial charge in [-0.1, -0.05) is 40.2 Å². The molecule has 0 heterocycles. The van der Waals surface area contributed by atoms with Crippen LogP contribution in [0.25, 0.3) is 6.08 Å². The van der Waals surface area contributed by atoms with Crippen molar-refractivity contribution in [2.45, 2.75) is 6.61 Å². The molecule has 0 unspecified atom stereocenters. The summed E-state index contributed by atoms with van der Waals surface area (Å²) in [6.07, 6.45) is 1.50. The van der Waals surface area contributed by atoms with Gasteiger partial charge in [-0.15, -0.1) is 0 Å². The van der Waals surface area contributed by atoms with Gasteiger partial charge < -0.3 is 10.1 Å². The van der Waals surface area contributed by atoms with E-state index in [-0.39, 0.29) is 17.9 Å². The summed E-state index contributed by atoms with van der Waals surface area (Å²) in [7, 11) is 0. The molecule has 0 aliphatic heterocycles. The topological polar surface area (TPSA) is 105 Å². The summed E-state index contributed by atoms with van der Waals surface area (Å²) in [5, 5.41) is 23.0. The Kier molecular flexibility index (Phi) is 7.97. The van der Waals surface area contributed by atoms with Crippen molar-refractivity contribution in [2.75, 3.05) is 5.32 Å². The number of nitro groups is 1. The number of hydrogen-bond acceptors (Lipinski definition) is 5. The van der Waals surface area contributed by atoms with Crippen molar-refractivity contribution < 1.29 is 14.5 Å². The van der Waals surface area contributed by atoms with Gasteiger partial charge in [-0.3, -0.25) is 14.9 Å². The van der Waals surface area contributed by atoms with E-state index in [0.717, 1.165) is 8.04 Å². The Balaban J connectivity index is 1.71. The average molecular weight is 604 g/mol. The number of ether oxygens (including phenoxy) is 1. The third kappa shape index (κ3) is 6.38. The quantitative estimate of drug-likeness (QED) is 0.116. The number of nitrogens with one attached hydrogen (secondary N) is 1. The minimum atomic E-state index is -0.508. The number of nitrogens with zero attached hydrogens (tertiary/aromatic N) is 2. The molecule has 0 aliphatic carbocycles. The maximum Gasteiger partial charge on any atom is 0.269 e. The van der Waals surface area contributed by atoms with Gasteiger partial charge >= 0.3 is 0 Å². The van der Waals surface area contributed by atoms with Crippen molar-refractivity contribution in [1.82, 2.24) is 0 Å². The van der Waals surface area contributed by atoms with Crippen LogP contribution in [0.2, 0.25) is 0 Å². The molecular weight excluding hydrogens is 589 g/mol. The van der Waals surface area contributed by atoms with Crippen LogP contribution in [0.1, 0.15) is 11.1 Å². The van der Waals surface area contributed by atoms with Crippen LogP contribution in [-0.4, -0.2) is 10.8 Å². The van der Waals surface area contributed by atoms with E-state index in [1.54, 1.807) is 48.5 Å². The van der Waals surface area contributed by atoms with Gasteiger partial charge in [-0.2, -0.15) is 5.26 Å². The monoisotopic (exact) mass is 603 g/mol. The summed E-state index contributed by atoms with van der Waals surface area (Å²) in [5.41, 5.74) is 1.88. The normalized spacial score (nSPS) is 10.8. The average Bonchev–Trinajstić information content (AvgIpc) is 2.77. The molecule has 3 aromatic rings. The lowest BCUT2D eigenvalue weighted by Gasteiger charge is -2.09. The van der Waals surface area contributed by atoms with E-state index in [9.17, 15) is 20.2 Å². The summed E-state index contributed by atoms with van der Waals surface area (Å²) in [4.78, 5) is 22.9. The number of non-ortho nitro benzene ring substituents is 1. The van der Waals surface area contributed by atoms with E-state index < -0.39 is 10.8 Å². The van der Waals surface area contributed by atoms with Crippen LogP contribution in [-0.2, 0) is 11.4 Å². The van der Waals surface area contributed by atoms with E-state index in [2.05, 4.69) is 43.8 Å². The largest absolute Gasteiger partial charge is 0.488 e. The Bertz CT molecular complexity index is 1250. The van der Waals surface area contributed by atoms with E-state index in [4.69, 9.17) is 4.74 Å². The van der Waals surface area contributed by atoms with Crippen molar-refractivity contribution in [3.8, 4) is 11.8 Å². The molecule has 0 saturated heterocycles. The van der Waals surface area contributed by atoms with Crippen molar-refractivity contribution in [2.24, 2.45) is 0 Å². The number of nitro benzene ring substituents is 1. The van der Waals surface area contributed by atoms with Gasteiger partial charge in [-0.25, -0.2) is 0 Å². The minimum Gasteiger partial charge on any atom is -0.488 e. The summed E-state index contributed by atoms with van der Waals surface area (Å²) in [6.45, 7) is 0.172. The number of carbonyl (C=O) groups excluding carboxylic acids is 1. The van der Waals surface area contributed by atoms with Crippen molar-refractivity contribution in [3.05, 3.63) is 102 Å². The van der Waals surface area contributed by atoms with Crippen LogP contribution in [0.4, 0.5) is 11.4 Å². The molecule has 1 amide bonds. The molecule has 0 spiro atoms. The molecule has 7 nitrogen and oxygen atoms in total. The molecule has 3 aromatic carbocycles. The van der Waals surface area contributed by atoms with Crippen LogP contribution >= 0.6 is 38.5 Å². The number of halogens is 2. The Morgan fingerprint density at radius 2 is 1.97 bits per heavy atom. The van der Waals surface area contributed by atoms with E-state index in [1.807, 2.05) is 12.1 Å². The van der Waals surface area contributed by atoms with Crippen molar-refractivity contribution in [3.63, 3.8) is 0 Å². The Morgan fingerprint density at radius 1 is 1.19 bits per heavy atom. The molecule has 9 heteroatoms. The maximum atomic E-state index is 12.5. The molecule has 32 heavy (non-hydrogen) atoms. The summed E-state index contributed by atoms with van der Waals surface area (Å²) < 4.78 is 7.36. The van der Waals surface area contributed by atoms with Gasteiger partial charge in [0, 0.05) is 22.3 Å². The predicted octanol–water partition coefficient (Wildman–Crippen LogP) is 6.09. The molecule has 160 valence electrons. The van der Waals surface area contributed by atoms with Crippen LogP contribution in [0.15, 0.2) is 76.8 Å². The number of carbonyl (C=O) groups is 1.